The molecule has 21 heavy (non-hydrogen) atoms. The van der Waals surface area contributed by atoms with Crippen molar-refractivity contribution >= 4 is 23.5 Å². The summed E-state index contributed by atoms with van der Waals surface area (Å²) in [5, 5.41) is 9.35. The van der Waals surface area contributed by atoms with E-state index in [1.165, 1.54) is 17.0 Å². The van der Waals surface area contributed by atoms with E-state index < -0.39 is 23.7 Å². The molecule has 1 aromatic rings. The maximum absolute atomic E-state index is 14.3. The number of carbonyl (C=O) groups excluding carboxylic acids is 1. The lowest BCUT2D eigenvalue weighted by Crippen LogP contribution is -2.48. The predicted octanol–water partition coefficient (Wildman–Crippen LogP) is 3.25. The van der Waals surface area contributed by atoms with Gasteiger partial charge in [0, 0.05) is 18.0 Å². The van der Waals surface area contributed by atoms with Crippen LogP contribution in [0.5, 0.6) is 0 Å². The van der Waals surface area contributed by atoms with Crippen molar-refractivity contribution < 1.29 is 19.1 Å². The summed E-state index contributed by atoms with van der Waals surface area (Å²) in [6.07, 6.45) is 0.363. The molecule has 1 N–H and O–H groups in total. The minimum atomic E-state index is -1.03. The van der Waals surface area contributed by atoms with Crippen molar-refractivity contribution in [3.8, 4) is 0 Å². The standard InChI is InChI=1S/C15H17ClFNO3/c1-8(2)18-12(19)7-6-10(15(20)21)14(18)9-4-3-5-11(16)13(9)17/h3-5,8,10,14H,6-7H2,1-2H3,(H,20,21). The summed E-state index contributed by atoms with van der Waals surface area (Å²) in [6.45, 7) is 3.58. The zero-order valence-corrected chi connectivity index (χ0v) is 12.6. The van der Waals surface area contributed by atoms with Crippen LogP contribution in [0.3, 0.4) is 0 Å². The Morgan fingerprint density at radius 3 is 2.71 bits per heavy atom. The highest BCUT2D eigenvalue weighted by Gasteiger charge is 2.43. The Labute approximate surface area is 127 Å². The highest BCUT2D eigenvalue weighted by atomic mass is 35.5. The lowest BCUT2D eigenvalue weighted by atomic mass is 9.83. The van der Waals surface area contributed by atoms with Crippen LogP contribution in [0.25, 0.3) is 0 Å². The normalized spacial score (nSPS) is 22.7. The number of benzene rings is 1. The van der Waals surface area contributed by atoms with Crippen molar-refractivity contribution in [2.45, 2.75) is 38.8 Å². The van der Waals surface area contributed by atoms with Crippen molar-refractivity contribution in [2.24, 2.45) is 5.92 Å². The smallest absolute Gasteiger partial charge is 0.308 e. The summed E-state index contributed by atoms with van der Waals surface area (Å²) in [4.78, 5) is 25.1. The number of carboxylic acid groups (broad SMARTS) is 1. The van der Waals surface area contributed by atoms with E-state index in [9.17, 15) is 19.1 Å². The van der Waals surface area contributed by atoms with Gasteiger partial charge in [-0.1, -0.05) is 23.7 Å². The summed E-state index contributed by atoms with van der Waals surface area (Å²) < 4.78 is 14.3. The second-order valence-electron chi connectivity index (χ2n) is 5.47. The van der Waals surface area contributed by atoms with Crippen LogP contribution in [0.2, 0.25) is 5.02 Å². The number of rotatable bonds is 3. The first kappa shape index (κ1) is 15.8. The number of amides is 1. The van der Waals surface area contributed by atoms with Gasteiger partial charge in [0.05, 0.1) is 17.0 Å². The van der Waals surface area contributed by atoms with Crippen molar-refractivity contribution in [1.29, 1.82) is 0 Å². The average Bonchev–Trinajstić information content (AvgIpc) is 2.40. The second-order valence-corrected chi connectivity index (χ2v) is 5.87. The number of carboxylic acids is 1. The molecule has 1 saturated heterocycles. The van der Waals surface area contributed by atoms with Crippen LogP contribution in [0.1, 0.15) is 38.3 Å². The van der Waals surface area contributed by atoms with Gasteiger partial charge in [-0.2, -0.15) is 0 Å². The molecule has 1 amide bonds. The molecule has 1 aliphatic heterocycles. The average molecular weight is 314 g/mol. The fraction of sp³-hybridized carbons (Fsp3) is 0.467. The maximum atomic E-state index is 14.3. The third-order valence-electron chi connectivity index (χ3n) is 3.81. The molecule has 0 aliphatic carbocycles. The molecule has 1 heterocycles. The van der Waals surface area contributed by atoms with Crippen molar-refractivity contribution in [3.63, 3.8) is 0 Å². The van der Waals surface area contributed by atoms with Gasteiger partial charge in [0.25, 0.3) is 0 Å². The Balaban J connectivity index is 2.57. The highest BCUT2D eigenvalue weighted by Crippen LogP contribution is 2.40. The molecule has 114 valence electrons. The number of aliphatic carboxylic acids is 1. The van der Waals surface area contributed by atoms with Crippen LogP contribution in [-0.2, 0) is 9.59 Å². The SMILES string of the molecule is CC(C)N1C(=O)CCC(C(=O)O)C1c1cccc(Cl)c1F. The number of likely N-dealkylation sites (tertiary alicyclic amines) is 1. The monoisotopic (exact) mass is 313 g/mol. The third-order valence-corrected chi connectivity index (χ3v) is 4.10. The molecule has 1 aromatic carbocycles. The van der Waals surface area contributed by atoms with E-state index in [0.717, 1.165) is 0 Å². The van der Waals surface area contributed by atoms with E-state index in [1.54, 1.807) is 19.9 Å². The van der Waals surface area contributed by atoms with Crippen LogP contribution < -0.4 is 0 Å². The number of nitrogens with zero attached hydrogens (tertiary/aromatic N) is 1. The van der Waals surface area contributed by atoms with E-state index in [0.29, 0.717) is 0 Å². The molecule has 0 saturated carbocycles. The Hall–Kier alpha value is -1.62. The second kappa shape index (κ2) is 6.02. The molecular weight excluding hydrogens is 297 g/mol. The number of piperidine rings is 1. The predicted molar refractivity (Wildman–Crippen MR) is 76.5 cm³/mol. The van der Waals surface area contributed by atoms with Crippen molar-refractivity contribution in [2.75, 3.05) is 0 Å². The zero-order chi connectivity index (χ0) is 15.7. The largest absolute Gasteiger partial charge is 0.481 e. The zero-order valence-electron chi connectivity index (χ0n) is 11.8. The van der Waals surface area contributed by atoms with Crippen LogP contribution in [0, 0.1) is 11.7 Å². The van der Waals surface area contributed by atoms with Gasteiger partial charge >= 0.3 is 5.97 Å². The fourth-order valence-corrected chi connectivity index (χ4v) is 3.08. The van der Waals surface area contributed by atoms with E-state index in [-0.39, 0.29) is 35.4 Å². The Bertz CT molecular complexity index is 576. The number of hydrogen-bond acceptors (Lipinski definition) is 2. The molecular formula is C15H17ClFNO3. The minimum Gasteiger partial charge on any atom is -0.481 e. The number of halogens is 2. The lowest BCUT2D eigenvalue weighted by Gasteiger charge is -2.42. The molecule has 0 bridgehead atoms. The first-order valence-corrected chi connectivity index (χ1v) is 7.20. The van der Waals surface area contributed by atoms with E-state index in [4.69, 9.17) is 11.6 Å². The van der Waals surface area contributed by atoms with Crippen molar-refractivity contribution in [1.82, 2.24) is 4.90 Å². The van der Waals surface area contributed by atoms with Gasteiger partial charge in [0.1, 0.15) is 5.82 Å². The van der Waals surface area contributed by atoms with E-state index >= 15 is 0 Å². The number of hydrogen-bond donors (Lipinski definition) is 1. The molecule has 0 spiro atoms. The van der Waals surface area contributed by atoms with Gasteiger partial charge in [0.2, 0.25) is 5.91 Å². The maximum Gasteiger partial charge on any atom is 0.308 e. The molecule has 1 aliphatic rings. The molecule has 0 radical (unpaired) electrons. The molecule has 1 fully saturated rings. The topological polar surface area (TPSA) is 57.6 Å². The van der Waals surface area contributed by atoms with Gasteiger partial charge in [-0.25, -0.2) is 4.39 Å². The van der Waals surface area contributed by atoms with Gasteiger partial charge in [-0.05, 0) is 26.3 Å². The lowest BCUT2D eigenvalue weighted by molar-refractivity contribution is -0.153. The summed E-state index contributed by atoms with van der Waals surface area (Å²) in [5.74, 6) is -2.68. The van der Waals surface area contributed by atoms with Crippen LogP contribution in [0.4, 0.5) is 4.39 Å². The van der Waals surface area contributed by atoms with Gasteiger partial charge in [0.15, 0.2) is 0 Å². The molecule has 2 unspecified atom stereocenters. The summed E-state index contributed by atoms with van der Waals surface area (Å²) >= 11 is 5.80. The van der Waals surface area contributed by atoms with Gasteiger partial charge < -0.3 is 10.0 Å². The van der Waals surface area contributed by atoms with Crippen LogP contribution in [-0.4, -0.2) is 27.9 Å². The van der Waals surface area contributed by atoms with E-state index in [2.05, 4.69) is 0 Å². The Morgan fingerprint density at radius 1 is 1.48 bits per heavy atom. The van der Waals surface area contributed by atoms with Crippen LogP contribution >= 0.6 is 11.6 Å². The fourth-order valence-electron chi connectivity index (χ4n) is 2.90. The first-order valence-electron chi connectivity index (χ1n) is 6.82. The van der Waals surface area contributed by atoms with Crippen LogP contribution in [0.15, 0.2) is 18.2 Å². The van der Waals surface area contributed by atoms with E-state index in [1.807, 2.05) is 0 Å². The summed E-state index contributed by atoms with van der Waals surface area (Å²) in [7, 11) is 0. The Morgan fingerprint density at radius 2 is 2.14 bits per heavy atom. The molecule has 6 heteroatoms. The molecule has 0 aromatic heterocycles. The third kappa shape index (κ3) is 2.88. The molecule has 2 atom stereocenters. The number of carbonyl (C=O) groups is 2. The highest BCUT2D eigenvalue weighted by molar-refractivity contribution is 6.30. The Kier molecular flexibility index (Phi) is 4.52. The summed E-state index contributed by atoms with van der Waals surface area (Å²) in [6, 6.07) is 3.42. The first-order chi connectivity index (χ1) is 9.84. The summed E-state index contributed by atoms with van der Waals surface area (Å²) in [5.41, 5.74) is 0.164. The van der Waals surface area contributed by atoms with Crippen molar-refractivity contribution in [3.05, 3.63) is 34.6 Å². The molecule has 2 rings (SSSR count). The quantitative estimate of drug-likeness (QED) is 0.932. The van der Waals surface area contributed by atoms with Gasteiger partial charge in [-0.15, -0.1) is 0 Å². The van der Waals surface area contributed by atoms with Gasteiger partial charge in [-0.3, -0.25) is 9.59 Å². The minimum absolute atomic E-state index is 0.0710. The molecule has 4 nitrogen and oxygen atoms in total.